The molecule has 2 N–H and O–H groups in total. The number of rotatable bonds is 5. The van der Waals surface area contributed by atoms with Gasteiger partial charge in [0.25, 0.3) is 0 Å². The minimum Gasteiger partial charge on any atom is -0.481 e. The van der Waals surface area contributed by atoms with Gasteiger partial charge in [0.1, 0.15) is 0 Å². The van der Waals surface area contributed by atoms with Crippen LogP contribution in [0.5, 0.6) is 0 Å². The van der Waals surface area contributed by atoms with Crippen LogP contribution >= 0.6 is 27.3 Å². The molecular weight excluding hydrogens is 350 g/mol. The molecule has 7 heteroatoms. The second-order valence-electron chi connectivity index (χ2n) is 5.51. The van der Waals surface area contributed by atoms with Gasteiger partial charge in [-0.1, -0.05) is 0 Å². The van der Waals surface area contributed by atoms with Gasteiger partial charge in [-0.15, -0.1) is 11.3 Å². The van der Waals surface area contributed by atoms with Crippen molar-refractivity contribution in [3.63, 3.8) is 0 Å². The Kier molecular flexibility index (Phi) is 5.34. The van der Waals surface area contributed by atoms with Crippen LogP contribution in [0.4, 0.5) is 0 Å². The Morgan fingerprint density at radius 3 is 2.42 bits per heavy atom. The van der Waals surface area contributed by atoms with Gasteiger partial charge >= 0.3 is 5.97 Å². The quantitative estimate of drug-likeness (QED) is 0.839. The van der Waals surface area contributed by atoms with Gasteiger partial charge in [0, 0.05) is 14.7 Å². The van der Waals surface area contributed by atoms with E-state index in [1.165, 1.54) is 11.3 Å². The van der Waals surface area contributed by atoms with E-state index in [9.17, 15) is 9.00 Å². The minimum absolute atomic E-state index is 0.123. The summed E-state index contributed by atoms with van der Waals surface area (Å²) in [5.41, 5.74) is -0.847. The molecule has 0 spiro atoms. The molecule has 0 radical (unpaired) electrons. The fourth-order valence-electron chi connectivity index (χ4n) is 1.44. The molecule has 4 nitrogen and oxygen atoms in total. The first-order valence-electron chi connectivity index (χ1n) is 5.70. The third-order valence-corrected chi connectivity index (χ3v) is 6.19. The van der Waals surface area contributed by atoms with Crippen LogP contribution in [0.15, 0.2) is 15.9 Å². The molecule has 0 saturated heterocycles. The van der Waals surface area contributed by atoms with Crippen LogP contribution in [0.2, 0.25) is 0 Å². The largest absolute Gasteiger partial charge is 0.481 e. The zero-order chi connectivity index (χ0) is 14.8. The van der Waals surface area contributed by atoms with Gasteiger partial charge in [0.2, 0.25) is 0 Å². The summed E-state index contributed by atoms with van der Waals surface area (Å²) < 4.78 is 15.7. The van der Waals surface area contributed by atoms with Gasteiger partial charge in [-0.05, 0) is 49.7 Å². The second kappa shape index (κ2) is 6.03. The number of halogens is 1. The van der Waals surface area contributed by atoms with Gasteiger partial charge in [-0.2, -0.15) is 0 Å². The molecule has 1 aromatic heterocycles. The minimum atomic E-state index is -1.34. The van der Waals surface area contributed by atoms with Gasteiger partial charge in [0.05, 0.1) is 27.7 Å². The van der Waals surface area contributed by atoms with Crippen LogP contribution in [0.3, 0.4) is 0 Å². The highest BCUT2D eigenvalue weighted by atomic mass is 79.9. The Morgan fingerprint density at radius 2 is 2.05 bits per heavy atom. The average Bonchev–Trinajstić information content (AvgIpc) is 2.62. The van der Waals surface area contributed by atoms with Gasteiger partial charge < -0.3 is 5.11 Å². The Labute approximate surface area is 128 Å². The maximum Gasteiger partial charge on any atom is 0.305 e. The van der Waals surface area contributed by atoms with Gasteiger partial charge in [-0.25, -0.2) is 8.93 Å². The molecule has 108 valence electrons. The molecule has 0 aliphatic carbocycles. The zero-order valence-corrected chi connectivity index (χ0v) is 14.5. The molecule has 0 bridgehead atoms. The predicted octanol–water partition coefficient (Wildman–Crippen LogP) is 3.25. The fraction of sp³-hybridized carbons (Fsp3) is 0.583. The first kappa shape index (κ1) is 16.8. The maximum atomic E-state index is 12.2. The molecule has 2 atom stereocenters. The monoisotopic (exact) mass is 367 g/mol. The summed E-state index contributed by atoms with van der Waals surface area (Å²) >= 11 is 4.80. The smallest absolute Gasteiger partial charge is 0.305 e. The van der Waals surface area contributed by atoms with Crippen LogP contribution in [-0.4, -0.2) is 20.0 Å². The molecule has 0 fully saturated rings. The molecule has 0 aliphatic heterocycles. The maximum absolute atomic E-state index is 12.2. The second-order valence-corrected chi connectivity index (χ2v) is 9.31. The van der Waals surface area contributed by atoms with Gasteiger partial charge in [-0.3, -0.25) is 4.79 Å². The molecule has 0 aliphatic rings. The predicted molar refractivity (Wildman–Crippen MR) is 82.7 cm³/mol. The lowest BCUT2D eigenvalue weighted by Gasteiger charge is -2.31. The number of nitrogens with one attached hydrogen (secondary N) is 1. The molecule has 1 heterocycles. The highest BCUT2D eigenvalue weighted by molar-refractivity contribution is 9.10. The van der Waals surface area contributed by atoms with E-state index in [1.54, 1.807) is 6.92 Å². The number of aliphatic carboxylic acids is 1. The summed E-state index contributed by atoms with van der Waals surface area (Å²) in [7, 11) is -1.34. The molecule has 0 aromatic carbocycles. The summed E-state index contributed by atoms with van der Waals surface area (Å²) in [6, 6.07) is 1.86. The zero-order valence-electron chi connectivity index (χ0n) is 11.3. The standard InChI is InChI=1S/C12H18BrNO3S2/c1-11(2,3)19(17)14-12(4,6-10(15)16)9-5-8(13)7-18-9/h5,7,14H,6H2,1-4H3,(H,15,16)/t12-,19?/m0/s1. The van der Waals surface area contributed by atoms with Crippen molar-refractivity contribution in [2.75, 3.05) is 0 Å². The summed E-state index contributed by atoms with van der Waals surface area (Å²) in [6.45, 7) is 7.31. The van der Waals surface area contributed by atoms with Crippen molar-refractivity contribution in [3.05, 3.63) is 20.8 Å². The normalized spacial score (nSPS) is 16.9. The Hall–Kier alpha value is -0.240. The molecular formula is C12H18BrNO3S2. The lowest BCUT2D eigenvalue weighted by Crippen LogP contribution is -2.46. The van der Waals surface area contributed by atoms with Crippen molar-refractivity contribution in [2.24, 2.45) is 0 Å². The number of hydrogen-bond donors (Lipinski definition) is 2. The van der Waals surface area contributed by atoms with E-state index < -0.39 is 27.2 Å². The average molecular weight is 368 g/mol. The topological polar surface area (TPSA) is 66.4 Å². The van der Waals surface area contributed by atoms with E-state index in [4.69, 9.17) is 5.11 Å². The Bertz CT molecular complexity index is 495. The SMILES string of the molecule is CC(C)(C)S(=O)N[C@@](C)(CC(=O)O)c1cc(Br)cs1. The van der Waals surface area contributed by atoms with Crippen molar-refractivity contribution in [2.45, 2.75) is 44.4 Å². The highest BCUT2D eigenvalue weighted by Gasteiger charge is 2.35. The van der Waals surface area contributed by atoms with Crippen LogP contribution in [0.1, 0.15) is 39.0 Å². The van der Waals surface area contributed by atoms with E-state index in [0.717, 1.165) is 9.35 Å². The molecule has 0 amide bonds. The number of thiophene rings is 1. The number of carbonyl (C=O) groups is 1. The van der Waals surface area contributed by atoms with E-state index in [1.807, 2.05) is 32.2 Å². The first-order valence-corrected chi connectivity index (χ1v) is 8.53. The van der Waals surface area contributed by atoms with E-state index in [2.05, 4.69) is 20.7 Å². The summed E-state index contributed by atoms with van der Waals surface area (Å²) in [5, 5.41) is 11.0. The summed E-state index contributed by atoms with van der Waals surface area (Å²) in [4.78, 5) is 11.9. The lowest BCUT2D eigenvalue weighted by molar-refractivity contribution is -0.138. The first-order chi connectivity index (χ1) is 8.54. The summed E-state index contributed by atoms with van der Waals surface area (Å²) in [5.74, 6) is -0.926. The molecule has 0 saturated carbocycles. The van der Waals surface area contributed by atoms with Crippen LogP contribution < -0.4 is 4.72 Å². The third-order valence-electron chi connectivity index (χ3n) is 2.49. The van der Waals surface area contributed by atoms with Crippen molar-refractivity contribution in [3.8, 4) is 0 Å². The van der Waals surface area contributed by atoms with E-state index >= 15 is 0 Å². The highest BCUT2D eigenvalue weighted by Crippen LogP contribution is 2.33. The van der Waals surface area contributed by atoms with Crippen molar-refractivity contribution in [1.29, 1.82) is 0 Å². The van der Waals surface area contributed by atoms with Crippen molar-refractivity contribution in [1.82, 2.24) is 4.72 Å². The van der Waals surface area contributed by atoms with Crippen molar-refractivity contribution < 1.29 is 14.1 Å². The van der Waals surface area contributed by atoms with Gasteiger partial charge in [0.15, 0.2) is 0 Å². The number of carboxylic acids is 1. The molecule has 19 heavy (non-hydrogen) atoms. The molecule has 1 aromatic rings. The van der Waals surface area contributed by atoms with Crippen LogP contribution in [0, 0.1) is 0 Å². The van der Waals surface area contributed by atoms with E-state index in [0.29, 0.717) is 0 Å². The van der Waals surface area contributed by atoms with Crippen LogP contribution in [0.25, 0.3) is 0 Å². The Morgan fingerprint density at radius 1 is 1.47 bits per heavy atom. The van der Waals surface area contributed by atoms with E-state index in [-0.39, 0.29) is 6.42 Å². The number of carboxylic acid groups (broad SMARTS) is 1. The molecule has 1 rings (SSSR count). The Balaban J connectivity index is 3.07. The number of hydrogen-bond acceptors (Lipinski definition) is 3. The fourth-order valence-corrected chi connectivity index (χ4v) is 3.94. The lowest BCUT2D eigenvalue weighted by atomic mass is 9.97. The third kappa shape index (κ3) is 4.66. The molecule has 1 unspecified atom stereocenters. The van der Waals surface area contributed by atoms with Crippen LogP contribution in [-0.2, 0) is 21.3 Å². The summed E-state index contributed by atoms with van der Waals surface area (Å²) in [6.07, 6.45) is -0.123. The van der Waals surface area contributed by atoms with Crippen molar-refractivity contribution >= 4 is 44.2 Å².